The first-order chi connectivity index (χ1) is 10.1. The standard InChI is InChI=1S/C16H16N2O2S/c1-10-8-11(4-7-15(10)20-3)18-14-6-5-12(19-2)9-13(14)17-16(18)21/h4-9H,1-3H3,(H,17,21). The van der Waals surface area contributed by atoms with Gasteiger partial charge in [-0.2, -0.15) is 0 Å². The largest absolute Gasteiger partial charge is 0.497 e. The van der Waals surface area contributed by atoms with Crippen molar-refractivity contribution in [1.29, 1.82) is 0 Å². The van der Waals surface area contributed by atoms with Crippen LogP contribution in [0.4, 0.5) is 0 Å². The maximum absolute atomic E-state index is 5.45. The quantitative estimate of drug-likeness (QED) is 0.743. The minimum Gasteiger partial charge on any atom is -0.497 e. The van der Waals surface area contributed by atoms with Gasteiger partial charge in [0.25, 0.3) is 0 Å². The van der Waals surface area contributed by atoms with Crippen LogP contribution in [0.3, 0.4) is 0 Å². The summed E-state index contributed by atoms with van der Waals surface area (Å²) >= 11 is 5.45. The lowest BCUT2D eigenvalue weighted by atomic mass is 10.2. The number of aromatic nitrogens is 2. The van der Waals surface area contributed by atoms with Gasteiger partial charge in [-0.25, -0.2) is 0 Å². The molecule has 0 aliphatic rings. The molecular weight excluding hydrogens is 284 g/mol. The van der Waals surface area contributed by atoms with Crippen LogP contribution in [-0.4, -0.2) is 23.8 Å². The Balaban J connectivity index is 2.22. The highest BCUT2D eigenvalue weighted by molar-refractivity contribution is 7.71. The van der Waals surface area contributed by atoms with Crippen LogP contribution in [0.2, 0.25) is 0 Å². The molecule has 2 aromatic carbocycles. The van der Waals surface area contributed by atoms with Gasteiger partial charge in [0.05, 0.1) is 25.3 Å². The van der Waals surface area contributed by atoms with Crippen LogP contribution in [0.1, 0.15) is 5.56 Å². The summed E-state index contributed by atoms with van der Waals surface area (Å²) in [5, 5.41) is 0. The normalized spacial score (nSPS) is 10.8. The third kappa shape index (κ3) is 2.29. The van der Waals surface area contributed by atoms with Crippen molar-refractivity contribution in [1.82, 2.24) is 9.55 Å². The van der Waals surface area contributed by atoms with E-state index in [0.717, 1.165) is 33.8 Å². The minimum atomic E-state index is 0.655. The van der Waals surface area contributed by atoms with Crippen LogP contribution >= 0.6 is 12.2 Å². The first-order valence-electron chi connectivity index (χ1n) is 6.58. The topological polar surface area (TPSA) is 39.2 Å². The highest BCUT2D eigenvalue weighted by Crippen LogP contribution is 2.26. The molecule has 1 aromatic heterocycles. The summed E-state index contributed by atoms with van der Waals surface area (Å²) in [5.41, 5.74) is 4.05. The number of H-pyrrole nitrogens is 1. The van der Waals surface area contributed by atoms with Crippen molar-refractivity contribution in [2.75, 3.05) is 14.2 Å². The van der Waals surface area contributed by atoms with Crippen LogP contribution in [0, 0.1) is 11.7 Å². The third-order valence-electron chi connectivity index (χ3n) is 3.53. The maximum Gasteiger partial charge on any atom is 0.182 e. The van der Waals surface area contributed by atoms with E-state index in [0.29, 0.717) is 4.77 Å². The number of rotatable bonds is 3. The van der Waals surface area contributed by atoms with Crippen LogP contribution < -0.4 is 9.47 Å². The predicted octanol–water partition coefficient (Wildman–Crippen LogP) is 4.01. The molecule has 0 unspecified atom stereocenters. The summed E-state index contributed by atoms with van der Waals surface area (Å²) in [6.07, 6.45) is 0. The molecule has 5 heteroatoms. The Hall–Kier alpha value is -2.27. The van der Waals surface area contributed by atoms with Crippen LogP contribution in [0.15, 0.2) is 36.4 Å². The highest BCUT2D eigenvalue weighted by atomic mass is 32.1. The third-order valence-corrected chi connectivity index (χ3v) is 3.81. The number of benzene rings is 2. The molecule has 0 amide bonds. The summed E-state index contributed by atoms with van der Waals surface area (Å²) < 4.78 is 13.2. The number of aromatic amines is 1. The van der Waals surface area contributed by atoms with Gasteiger partial charge in [-0.3, -0.25) is 4.57 Å². The summed E-state index contributed by atoms with van der Waals surface area (Å²) in [6.45, 7) is 2.02. The van der Waals surface area contributed by atoms with Gasteiger partial charge in [0.15, 0.2) is 4.77 Å². The lowest BCUT2D eigenvalue weighted by Crippen LogP contribution is -1.96. The van der Waals surface area contributed by atoms with E-state index in [-0.39, 0.29) is 0 Å². The van der Waals surface area contributed by atoms with Crippen molar-refractivity contribution in [3.8, 4) is 17.2 Å². The van der Waals surface area contributed by atoms with E-state index >= 15 is 0 Å². The van der Waals surface area contributed by atoms with E-state index in [1.54, 1.807) is 14.2 Å². The number of nitrogens with zero attached hydrogens (tertiary/aromatic N) is 1. The molecule has 0 fully saturated rings. The number of hydrogen-bond donors (Lipinski definition) is 1. The van der Waals surface area contributed by atoms with E-state index in [4.69, 9.17) is 21.7 Å². The molecule has 0 spiro atoms. The number of nitrogens with one attached hydrogen (secondary N) is 1. The Morgan fingerprint density at radius 1 is 1.05 bits per heavy atom. The van der Waals surface area contributed by atoms with Crippen molar-refractivity contribution in [3.05, 3.63) is 46.7 Å². The number of aryl methyl sites for hydroxylation is 1. The minimum absolute atomic E-state index is 0.655. The zero-order chi connectivity index (χ0) is 15.0. The van der Waals surface area contributed by atoms with Crippen LogP contribution in [0.5, 0.6) is 11.5 Å². The van der Waals surface area contributed by atoms with Crippen LogP contribution in [-0.2, 0) is 0 Å². The number of hydrogen-bond acceptors (Lipinski definition) is 3. The molecule has 0 radical (unpaired) electrons. The lowest BCUT2D eigenvalue weighted by Gasteiger charge is -2.09. The van der Waals surface area contributed by atoms with Crippen molar-refractivity contribution in [3.63, 3.8) is 0 Å². The Morgan fingerprint density at radius 3 is 2.52 bits per heavy atom. The summed E-state index contributed by atoms with van der Waals surface area (Å²) in [7, 11) is 3.32. The zero-order valence-electron chi connectivity index (χ0n) is 12.1. The molecule has 1 heterocycles. The summed E-state index contributed by atoms with van der Waals surface area (Å²) in [4.78, 5) is 3.21. The lowest BCUT2D eigenvalue weighted by molar-refractivity contribution is 0.411. The molecule has 108 valence electrons. The molecule has 0 saturated heterocycles. The molecule has 0 aliphatic heterocycles. The molecule has 3 aromatic rings. The van der Waals surface area contributed by atoms with E-state index < -0.39 is 0 Å². The Labute approximate surface area is 127 Å². The molecule has 0 atom stereocenters. The smallest absolute Gasteiger partial charge is 0.182 e. The first kappa shape index (κ1) is 13.7. The SMILES string of the molecule is COc1ccc2c(c1)[nH]c(=S)n2-c1ccc(OC)c(C)c1. The monoisotopic (exact) mass is 300 g/mol. The number of fused-ring (bicyclic) bond motifs is 1. The summed E-state index contributed by atoms with van der Waals surface area (Å²) in [6, 6.07) is 11.9. The van der Waals surface area contributed by atoms with Gasteiger partial charge in [-0.1, -0.05) is 0 Å². The van der Waals surface area contributed by atoms with Gasteiger partial charge in [0.2, 0.25) is 0 Å². The van der Waals surface area contributed by atoms with Crippen molar-refractivity contribution >= 4 is 23.3 Å². The molecule has 0 bridgehead atoms. The molecule has 3 rings (SSSR count). The predicted molar refractivity (Wildman–Crippen MR) is 86.3 cm³/mol. The fraction of sp³-hybridized carbons (Fsp3) is 0.188. The number of ether oxygens (including phenoxy) is 2. The second kappa shape index (κ2) is 5.26. The van der Waals surface area contributed by atoms with E-state index in [9.17, 15) is 0 Å². The zero-order valence-corrected chi connectivity index (χ0v) is 13.0. The maximum atomic E-state index is 5.45. The van der Waals surface area contributed by atoms with E-state index in [1.807, 2.05) is 41.8 Å². The van der Waals surface area contributed by atoms with Gasteiger partial charge in [-0.15, -0.1) is 0 Å². The molecule has 1 N–H and O–H groups in total. The van der Waals surface area contributed by atoms with Gasteiger partial charge in [0, 0.05) is 11.8 Å². The number of methoxy groups -OCH3 is 2. The van der Waals surface area contributed by atoms with E-state index in [2.05, 4.69) is 11.1 Å². The average Bonchev–Trinajstić information content (AvgIpc) is 2.81. The van der Waals surface area contributed by atoms with Crippen molar-refractivity contribution in [2.45, 2.75) is 6.92 Å². The summed E-state index contributed by atoms with van der Waals surface area (Å²) in [5.74, 6) is 1.67. The van der Waals surface area contributed by atoms with Gasteiger partial charge < -0.3 is 14.5 Å². The number of imidazole rings is 1. The van der Waals surface area contributed by atoms with Gasteiger partial charge in [0.1, 0.15) is 11.5 Å². The van der Waals surface area contributed by atoms with Crippen molar-refractivity contribution < 1.29 is 9.47 Å². The fourth-order valence-electron chi connectivity index (χ4n) is 2.48. The second-order valence-electron chi connectivity index (χ2n) is 4.80. The average molecular weight is 300 g/mol. The Morgan fingerprint density at radius 2 is 1.86 bits per heavy atom. The second-order valence-corrected chi connectivity index (χ2v) is 5.19. The molecule has 4 nitrogen and oxygen atoms in total. The molecule has 21 heavy (non-hydrogen) atoms. The molecule has 0 aliphatic carbocycles. The fourth-order valence-corrected chi connectivity index (χ4v) is 2.79. The highest BCUT2D eigenvalue weighted by Gasteiger charge is 2.09. The molecule has 0 saturated carbocycles. The van der Waals surface area contributed by atoms with Crippen LogP contribution in [0.25, 0.3) is 16.7 Å². The Kier molecular flexibility index (Phi) is 3.43. The Bertz CT molecular complexity index is 864. The van der Waals surface area contributed by atoms with Gasteiger partial charge >= 0.3 is 0 Å². The first-order valence-corrected chi connectivity index (χ1v) is 6.98. The van der Waals surface area contributed by atoms with E-state index in [1.165, 1.54) is 0 Å². The van der Waals surface area contributed by atoms with Gasteiger partial charge in [-0.05, 0) is 55.0 Å². The molecular formula is C16H16N2O2S. The van der Waals surface area contributed by atoms with Crippen molar-refractivity contribution in [2.24, 2.45) is 0 Å².